The zero-order valence-corrected chi connectivity index (χ0v) is 9.05. The quantitative estimate of drug-likeness (QED) is 0.743. The van der Waals surface area contributed by atoms with Crippen molar-refractivity contribution in [3.05, 3.63) is 28.5 Å². The molecule has 0 unspecified atom stereocenters. The van der Waals surface area contributed by atoms with Gasteiger partial charge in [0, 0.05) is 11.5 Å². The van der Waals surface area contributed by atoms with E-state index in [4.69, 9.17) is 26.0 Å². The Hall–Kier alpha value is -1.66. The topological polar surface area (TPSA) is 46.2 Å². The van der Waals surface area contributed by atoms with Gasteiger partial charge in [0.2, 0.25) is 0 Å². The lowest BCUT2D eigenvalue weighted by atomic mass is 10.1. The van der Waals surface area contributed by atoms with Gasteiger partial charge in [-0.3, -0.25) is 0 Å². The Morgan fingerprint density at radius 1 is 1.47 bits per heavy atom. The van der Waals surface area contributed by atoms with Gasteiger partial charge in [-0.25, -0.2) is 0 Å². The molecule has 0 saturated carbocycles. The molecule has 1 aromatic carbocycles. The number of fused-ring (bicyclic) bond motifs is 1. The van der Waals surface area contributed by atoms with E-state index in [2.05, 4.69) is 0 Å². The summed E-state index contributed by atoms with van der Waals surface area (Å²) in [4.78, 5) is 0. The lowest BCUT2D eigenvalue weighted by molar-refractivity contribution is 0.408. The van der Waals surface area contributed by atoms with Gasteiger partial charge < -0.3 is 9.15 Å². The van der Waals surface area contributed by atoms with Crippen molar-refractivity contribution >= 4 is 22.6 Å². The van der Waals surface area contributed by atoms with E-state index in [1.807, 2.05) is 13.0 Å². The van der Waals surface area contributed by atoms with Gasteiger partial charge in [-0.1, -0.05) is 11.6 Å². The van der Waals surface area contributed by atoms with E-state index >= 15 is 0 Å². The Morgan fingerprint density at radius 3 is 2.80 bits per heavy atom. The molecule has 76 valence electrons. The molecule has 0 spiro atoms. The third kappa shape index (κ3) is 1.43. The van der Waals surface area contributed by atoms with Crippen molar-refractivity contribution < 1.29 is 9.15 Å². The largest absolute Gasteiger partial charge is 0.493 e. The van der Waals surface area contributed by atoms with Crippen LogP contribution in [0.3, 0.4) is 0 Å². The van der Waals surface area contributed by atoms with Crippen molar-refractivity contribution in [2.75, 3.05) is 7.11 Å². The van der Waals surface area contributed by atoms with E-state index in [-0.39, 0.29) is 0 Å². The third-order valence-corrected chi connectivity index (χ3v) is 2.58. The fourth-order valence-electron chi connectivity index (χ4n) is 1.50. The van der Waals surface area contributed by atoms with Gasteiger partial charge in [0.1, 0.15) is 11.8 Å². The van der Waals surface area contributed by atoms with Crippen molar-refractivity contribution in [2.24, 2.45) is 0 Å². The molecule has 0 radical (unpaired) electrons. The molecule has 4 heteroatoms. The van der Waals surface area contributed by atoms with Gasteiger partial charge in [0.25, 0.3) is 0 Å². The number of furan rings is 1. The standard InChI is InChI=1S/C11H8ClNO2/c1-6-3-8-10(12)7(5-13)4-9(14-2)11(8)15-6/h3-4H,1-2H3. The molecule has 0 aliphatic carbocycles. The Labute approximate surface area is 91.8 Å². The molecule has 1 heterocycles. The van der Waals surface area contributed by atoms with Crippen LogP contribution >= 0.6 is 11.6 Å². The highest BCUT2D eigenvalue weighted by atomic mass is 35.5. The van der Waals surface area contributed by atoms with Gasteiger partial charge in [0.05, 0.1) is 17.7 Å². The second kappa shape index (κ2) is 3.48. The average molecular weight is 222 g/mol. The molecule has 0 saturated heterocycles. The molecule has 0 aliphatic heterocycles. The number of hydrogen-bond acceptors (Lipinski definition) is 3. The predicted octanol–water partition coefficient (Wildman–Crippen LogP) is 3.27. The summed E-state index contributed by atoms with van der Waals surface area (Å²) in [6.45, 7) is 1.82. The molecule has 2 aromatic rings. The minimum absolute atomic E-state index is 0.391. The summed E-state index contributed by atoms with van der Waals surface area (Å²) in [5.41, 5.74) is 0.973. The number of nitrogens with zero attached hydrogens (tertiary/aromatic N) is 1. The molecule has 2 rings (SSSR count). The summed E-state index contributed by atoms with van der Waals surface area (Å²) in [7, 11) is 1.53. The fourth-order valence-corrected chi connectivity index (χ4v) is 1.74. The first kappa shape index (κ1) is 9.88. The van der Waals surface area contributed by atoms with Crippen molar-refractivity contribution in [1.82, 2.24) is 0 Å². The molecule has 1 aromatic heterocycles. The minimum Gasteiger partial charge on any atom is -0.493 e. The van der Waals surface area contributed by atoms with E-state index in [1.165, 1.54) is 7.11 Å². The number of hydrogen-bond donors (Lipinski definition) is 0. The lowest BCUT2D eigenvalue weighted by Gasteiger charge is -2.02. The second-order valence-corrected chi connectivity index (χ2v) is 3.53. The van der Waals surface area contributed by atoms with Crippen molar-refractivity contribution in [1.29, 1.82) is 5.26 Å². The molecule has 0 fully saturated rings. The van der Waals surface area contributed by atoms with Crippen LogP contribution in [0.5, 0.6) is 5.75 Å². The number of nitriles is 1. The SMILES string of the molecule is COc1cc(C#N)c(Cl)c2cc(C)oc12. The van der Waals surface area contributed by atoms with E-state index < -0.39 is 0 Å². The number of benzene rings is 1. The van der Waals surface area contributed by atoms with Gasteiger partial charge >= 0.3 is 0 Å². The first-order valence-corrected chi connectivity index (χ1v) is 4.72. The zero-order valence-electron chi connectivity index (χ0n) is 8.30. The minimum atomic E-state index is 0.391. The van der Waals surface area contributed by atoms with Gasteiger partial charge in [-0.15, -0.1) is 0 Å². The summed E-state index contributed by atoms with van der Waals surface area (Å²) >= 11 is 6.05. The zero-order chi connectivity index (χ0) is 11.0. The Morgan fingerprint density at radius 2 is 2.20 bits per heavy atom. The number of methoxy groups -OCH3 is 1. The van der Waals surface area contributed by atoms with Crippen LogP contribution in [0, 0.1) is 18.3 Å². The summed E-state index contributed by atoms with van der Waals surface area (Å²) in [6, 6.07) is 5.39. The van der Waals surface area contributed by atoms with Crippen LogP contribution < -0.4 is 4.74 Å². The maximum Gasteiger partial charge on any atom is 0.177 e. The molecular formula is C11H8ClNO2. The summed E-state index contributed by atoms with van der Waals surface area (Å²) in [5.74, 6) is 1.26. The summed E-state index contributed by atoms with van der Waals surface area (Å²) in [5, 5.41) is 10.0. The maximum atomic E-state index is 8.88. The average Bonchev–Trinajstić information content (AvgIpc) is 2.61. The fraction of sp³-hybridized carbons (Fsp3) is 0.182. The smallest absolute Gasteiger partial charge is 0.177 e. The van der Waals surface area contributed by atoms with Gasteiger partial charge in [-0.2, -0.15) is 5.26 Å². The molecular weight excluding hydrogens is 214 g/mol. The summed E-state index contributed by atoms with van der Waals surface area (Å²) < 4.78 is 10.6. The molecule has 15 heavy (non-hydrogen) atoms. The molecule has 0 atom stereocenters. The molecule has 3 nitrogen and oxygen atoms in total. The van der Waals surface area contributed by atoms with Crippen LogP contribution in [-0.2, 0) is 0 Å². The van der Waals surface area contributed by atoms with E-state index in [9.17, 15) is 0 Å². The highest BCUT2D eigenvalue weighted by Gasteiger charge is 2.14. The molecule has 0 bridgehead atoms. The Bertz CT molecular complexity index is 566. The third-order valence-electron chi connectivity index (χ3n) is 2.17. The van der Waals surface area contributed by atoms with Crippen LogP contribution in [0.15, 0.2) is 16.5 Å². The van der Waals surface area contributed by atoms with Crippen LogP contribution in [0.2, 0.25) is 5.02 Å². The van der Waals surface area contributed by atoms with Crippen molar-refractivity contribution in [3.8, 4) is 11.8 Å². The number of rotatable bonds is 1. The second-order valence-electron chi connectivity index (χ2n) is 3.15. The predicted molar refractivity (Wildman–Crippen MR) is 57.2 cm³/mol. The van der Waals surface area contributed by atoms with E-state index in [1.54, 1.807) is 12.1 Å². The van der Waals surface area contributed by atoms with Crippen molar-refractivity contribution in [3.63, 3.8) is 0 Å². The van der Waals surface area contributed by atoms with Crippen LogP contribution in [-0.4, -0.2) is 7.11 Å². The van der Waals surface area contributed by atoms with Crippen LogP contribution in [0.25, 0.3) is 11.0 Å². The van der Waals surface area contributed by atoms with Crippen molar-refractivity contribution in [2.45, 2.75) is 6.92 Å². The van der Waals surface area contributed by atoms with Crippen LogP contribution in [0.1, 0.15) is 11.3 Å². The maximum absolute atomic E-state index is 8.88. The highest BCUT2D eigenvalue weighted by molar-refractivity contribution is 6.36. The van der Waals surface area contributed by atoms with Gasteiger partial charge in [0.15, 0.2) is 11.3 Å². The first-order chi connectivity index (χ1) is 7.17. The molecule has 0 N–H and O–H groups in total. The lowest BCUT2D eigenvalue weighted by Crippen LogP contribution is -1.86. The Balaban J connectivity index is 2.90. The van der Waals surface area contributed by atoms with Gasteiger partial charge in [-0.05, 0) is 13.0 Å². The molecule has 0 amide bonds. The van der Waals surface area contributed by atoms with E-state index in [0.717, 1.165) is 5.76 Å². The molecule has 0 aliphatic rings. The number of aryl methyl sites for hydroxylation is 1. The number of ether oxygens (including phenoxy) is 1. The normalized spacial score (nSPS) is 10.3. The number of halogens is 1. The summed E-state index contributed by atoms with van der Waals surface area (Å²) in [6.07, 6.45) is 0. The van der Waals surface area contributed by atoms with E-state index in [0.29, 0.717) is 27.3 Å². The monoisotopic (exact) mass is 221 g/mol. The van der Waals surface area contributed by atoms with Crippen LogP contribution in [0.4, 0.5) is 0 Å². The Kier molecular flexibility index (Phi) is 2.29. The highest BCUT2D eigenvalue weighted by Crippen LogP contribution is 2.36. The first-order valence-electron chi connectivity index (χ1n) is 4.34.